The molecule has 0 bridgehead atoms. The molecule has 0 aliphatic carbocycles. The minimum absolute atomic E-state index is 0. The van der Waals surface area contributed by atoms with E-state index in [-0.39, 0.29) is 58.2 Å². The molecule has 0 aromatic carbocycles. The molecule has 0 saturated carbocycles. The van der Waals surface area contributed by atoms with Gasteiger partial charge in [-0.1, -0.05) is 20.4 Å². The molecule has 1 heterocycles. The number of rotatable bonds is 2. The van der Waals surface area contributed by atoms with Crippen LogP contribution in [-0.2, 0) is 0 Å². The van der Waals surface area contributed by atoms with Gasteiger partial charge in [0.15, 0.2) is 0 Å². The Labute approximate surface area is 130 Å². The minimum Gasteiger partial charge on any atom is -0.420 e. The Balaban J connectivity index is 0. The Bertz CT molecular complexity index is 248. The van der Waals surface area contributed by atoms with Crippen LogP contribution in [0.25, 0.3) is 12.3 Å². The molecular weight excluding hydrogens is 232 g/mol. The molecule has 0 amide bonds. The quantitative estimate of drug-likeness (QED) is 0.669. The van der Waals surface area contributed by atoms with E-state index in [4.69, 9.17) is 0 Å². The predicted octanol–water partition coefficient (Wildman–Crippen LogP) is 0.452. The standard InChI is InChI=1S/C9H10N.C2H6.Rb/c1-3-6-9-7-5-8-10(9)4-2;1-2;/h3-4,6-8H,2H2,1H3;1-2H3;/q-1;;+1/b6-3-;;. The van der Waals surface area contributed by atoms with E-state index in [1.165, 1.54) is 0 Å². The molecule has 0 atom stereocenters. The van der Waals surface area contributed by atoms with Gasteiger partial charge in [-0.15, -0.1) is 24.0 Å². The van der Waals surface area contributed by atoms with Crippen molar-refractivity contribution in [3.63, 3.8) is 0 Å². The fourth-order valence-electron chi connectivity index (χ4n) is 0.815. The molecule has 0 spiro atoms. The summed E-state index contributed by atoms with van der Waals surface area (Å²) in [5.41, 5.74) is 1.11. The molecule has 0 unspecified atom stereocenters. The van der Waals surface area contributed by atoms with Crippen molar-refractivity contribution in [2.45, 2.75) is 20.8 Å². The fourth-order valence-corrected chi connectivity index (χ4v) is 0.815. The van der Waals surface area contributed by atoms with Crippen molar-refractivity contribution in [1.82, 2.24) is 4.57 Å². The Morgan fingerprint density at radius 1 is 1.46 bits per heavy atom. The van der Waals surface area contributed by atoms with Gasteiger partial charge in [0.05, 0.1) is 0 Å². The van der Waals surface area contributed by atoms with Crippen molar-refractivity contribution in [3.05, 3.63) is 36.7 Å². The third-order valence-corrected chi connectivity index (χ3v) is 1.28. The smallest absolute Gasteiger partial charge is 0.420 e. The average molecular weight is 248 g/mol. The molecule has 66 valence electrons. The van der Waals surface area contributed by atoms with Gasteiger partial charge < -0.3 is 4.57 Å². The molecule has 0 radical (unpaired) electrons. The third kappa shape index (κ3) is 5.79. The van der Waals surface area contributed by atoms with Crippen LogP contribution in [0.15, 0.2) is 24.9 Å². The topological polar surface area (TPSA) is 4.93 Å². The minimum atomic E-state index is 0. The van der Waals surface area contributed by atoms with Crippen LogP contribution in [-0.4, -0.2) is 4.57 Å². The molecule has 1 aromatic heterocycles. The molecular formula is C11H16NRb. The molecule has 1 nitrogen and oxygen atoms in total. The summed E-state index contributed by atoms with van der Waals surface area (Å²) in [6.07, 6.45) is 7.61. The average Bonchev–Trinajstić information content (AvgIpc) is 2.56. The number of hydrogen-bond donors (Lipinski definition) is 0. The van der Waals surface area contributed by atoms with E-state index in [0.717, 1.165) is 5.69 Å². The molecule has 0 fully saturated rings. The molecule has 2 heteroatoms. The summed E-state index contributed by atoms with van der Waals surface area (Å²) >= 11 is 0. The molecule has 1 aromatic rings. The molecule has 13 heavy (non-hydrogen) atoms. The van der Waals surface area contributed by atoms with E-state index in [1.807, 2.05) is 49.8 Å². The van der Waals surface area contributed by atoms with E-state index in [1.54, 1.807) is 6.20 Å². The van der Waals surface area contributed by atoms with E-state index in [9.17, 15) is 0 Å². The van der Waals surface area contributed by atoms with E-state index in [2.05, 4.69) is 12.6 Å². The molecule has 0 N–H and O–H groups in total. The zero-order chi connectivity index (χ0) is 9.40. The van der Waals surface area contributed by atoms with Crippen molar-refractivity contribution in [1.29, 1.82) is 0 Å². The van der Waals surface area contributed by atoms with Crippen LogP contribution < -0.4 is 58.2 Å². The molecule has 1 rings (SSSR count). The largest absolute Gasteiger partial charge is 1.00 e. The Kier molecular flexibility index (Phi) is 13.1. The zero-order valence-electron chi connectivity index (χ0n) is 9.04. The molecule has 0 saturated heterocycles. The monoisotopic (exact) mass is 247 g/mol. The first kappa shape index (κ1) is 16.0. The summed E-state index contributed by atoms with van der Waals surface area (Å²) in [5, 5.41) is 0. The predicted molar refractivity (Wildman–Crippen MR) is 55.7 cm³/mol. The summed E-state index contributed by atoms with van der Waals surface area (Å²) in [5.74, 6) is 0. The van der Waals surface area contributed by atoms with Crippen molar-refractivity contribution >= 4 is 12.3 Å². The molecule has 0 aliphatic heterocycles. The SMILES string of the molecule is C=Cn1c[c-]cc1/C=C\C.CC.[Rb+]. The summed E-state index contributed by atoms with van der Waals surface area (Å²) < 4.78 is 1.92. The second kappa shape index (κ2) is 10.6. The van der Waals surface area contributed by atoms with Gasteiger partial charge in [-0.3, -0.25) is 0 Å². The van der Waals surface area contributed by atoms with Crippen LogP contribution in [0.1, 0.15) is 26.5 Å². The van der Waals surface area contributed by atoms with E-state index < -0.39 is 0 Å². The first-order chi connectivity index (χ1) is 5.88. The first-order valence-electron chi connectivity index (χ1n) is 4.21. The normalized spacial score (nSPS) is 8.54. The fraction of sp³-hybridized carbons (Fsp3) is 0.273. The second-order valence-corrected chi connectivity index (χ2v) is 1.95. The van der Waals surface area contributed by atoms with Gasteiger partial charge in [-0.25, -0.2) is 12.1 Å². The maximum absolute atomic E-state index is 3.66. The second-order valence-electron chi connectivity index (χ2n) is 1.95. The zero-order valence-corrected chi connectivity index (χ0v) is 14.0. The maximum Gasteiger partial charge on any atom is 1.00 e. The summed E-state index contributed by atoms with van der Waals surface area (Å²) in [6.45, 7) is 9.64. The Morgan fingerprint density at radius 3 is 2.54 bits per heavy atom. The Hall–Kier alpha value is 0.565. The van der Waals surface area contributed by atoms with E-state index >= 15 is 0 Å². The van der Waals surface area contributed by atoms with E-state index in [0.29, 0.717) is 0 Å². The van der Waals surface area contributed by atoms with Crippen LogP contribution >= 0.6 is 0 Å². The van der Waals surface area contributed by atoms with Gasteiger partial charge >= 0.3 is 58.2 Å². The van der Waals surface area contributed by atoms with Gasteiger partial charge in [0.25, 0.3) is 0 Å². The van der Waals surface area contributed by atoms with Gasteiger partial charge in [-0.05, 0) is 13.1 Å². The van der Waals surface area contributed by atoms with Crippen LogP contribution in [0.5, 0.6) is 0 Å². The molecule has 0 aliphatic rings. The van der Waals surface area contributed by atoms with Crippen LogP contribution in [0.4, 0.5) is 0 Å². The van der Waals surface area contributed by atoms with Crippen molar-refractivity contribution in [2.75, 3.05) is 0 Å². The van der Waals surface area contributed by atoms with Gasteiger partial charge in [0.1, 0.15) is 0 Å². The Morgan fingerprint density at radius 2 is 2.08 bits per heavy atom. The number of allylic oxidation sites excluding steroid dienone is 1. The number of nitrogens with zero attached hydrogens (tertiary/aromatic N) is 1. The number of aromatic nitrogens is 1. The van der Waals surface area contributed by atoms with Crippen molar-refractivity contribution in [2.24, 2.45) is 0 Å². The summed E-state index contributed by atoms with van der Waals surface area (Å²) in [4.78, 5) is 0. The van der Waals surface area contributed by atoms with Gasteiger partial charge in [0, 0.05) is 0 Å². The maximum atomic E-state index is 3.66. The number of hydrogen-bond acceptors (Lipinski definition) is 0. The van der Waals surface area contributed by atoms with Gasteiger partial charge in [0.2, 0.25) is 0 Å². The van der Waals surface area contributed by atoms with Crippen molar-refractivity contribution in [3.8, 4) is 0 Å². The van der Waals surface area contributed by atoms with Crippen LogP contribution in [0.2, 0.25) is 0 Å². The van der Waals surface area contributed by atoms with Crippen LogP contribution in [0.3, 0.4) is 0 Å². The summed E-state index contributed by atoms with van der Waals surface area (Å²) in [6, 6.07) is 4.89. The van der Waals surface area contributed by atoms with Gasteiger partial charge in [-0.2, -0.15) is 0 Å². The van der Waals surface area contributed by atoms with Crippen LogP contribution in [0, 0.1) is 6.07 Å². The third-order valence-electron chi connectivity index (χ3n) is 1.28. The summed E-state index contributed by atoms with van der Waals surface area (Å²) in [7, 11) is 0. The first-order valence-corrected chi connectivity index (χ1v) is 4.21. The van der Waals surface area contributed by atoms with Crippen molar-refractivity contribution < 1.29 is 58.2 Å².